The molecule has 0 spiro atoms. The highest BCUT2D eigenvalue weighted by atomic mass is 32.2. The van der Waals surface area contributed by atoms with E-state index in [1.165, 1.54) is 4.90 Å². The number of hydrogen-bond donors (Lipinski definition) is 2. The first-order valence-electron chi connectivity index (χ1n) is 4.82. The van der Waals surface area contributed by atoms with Gasteiger partial charge < -0.3 is 11.5 Å². The zero-order valence-corrected chi connectivity index (χ0v) is 9.75. The van der Waals surface area contributed by atoms with E-state index in [4.69, 9.17) is 11.5 Å². The van der Waals surface area contributed by atoms with Crippen LogP contribution in [0.1, 0.15) is 25.5 Å². The summed E-state index contributed by atoms with van der Waals surface area (Å²) in [5.74, 6) is -0.501. The Bertz CT molecular complexity index is 335. The summed E-state index contributed by atoms with van der Waals surface area (Å²) in [7, 11) is 0. The number of rotatable bonds is 4. The highest BCUT2D eigenvalue weighted by Crippen LogP contribution is 2.23. The normalized spacial score (nSPS) is 12.8. The van der Waals surface area contributed by atoms with Gasteiger partial charge in [0.2, 0.25) is 5.91 Å². The summed E-state index contributed by atoms with van der Waals surface area (Å²) in [6, 6.07) is 6.91. The SMILES string of the molecule is CC(C)Sc1ccc(C(N)C(N)=O)cc1. The molecule has 0 saturated heterocycles. The molecule has 4 heteroatoms. The molecule has 1 aromatic carbocycles. The van der Waals surface area contributed by atoms with Gasteiger partial charge in [0.1, 0.15) is 6.04 Å². The van der Waals surface area contributed by atoms with Crippen molar-refractivity contribution in [2.75, 3.05) is 0 Å². The predicted molar refractivity (Wildman–Crippen MR) is 63.6 cm³/mol. The van der Waals surface area contributed by atoms with Gasteiger partial charge in [0.25, 0.3) is 0 Å². The Morgan fingerprint density at radius 3 is 2.20 bits per heavy atom. The summed E-state index contributed by atoms with van der Waals surface area (Å²) in [6.07, 6.45) is 0. The van der Waals surface area contributed by atoms with E-state index in [-0.39, 0.29) is 0 Å². The molecule has 1 aromatic rings. The first-order valence-corrected chi connectivity index (χ1v) is 5.70. The van der Waals surface area contributed by atoms with Crippen LogP contribution in [0.3, 0.4) is 0 Å². The minimum atomic E-state index is -0.705. The second kappa shape index (κ2) is 5.19. The second-order valence-corrected chi connectivity index (χ2v) is 5.27. The average Bonchev–Trinajstić information content (AvgIpc) is 2.17. The van der Waals surface area contributed by atoms with Gasteiger partial charge >= 0.3 is 0 Å². The van der Waals surface area contributed by atoms with E-state index in [0.29, 0.717) is 5.25 Å². The molecule has 0 fully saturated rings. The van der Waals surface area contributed by atoms with Crippen LogP contribution < -0.4 is 11.5 Å². The number of nitrogens with two attached hydrogens (primary N) is 2. The van der Waals surface area contributed by atoms with Gasteiger partial charge in [-0.05, 0) is 17.7 Å². The van der Waals surface area contributed by atoms with Crippen molar-refractivity contribution in [2.24, 2.45) is 11.5 Å². The third kappa shape index (κ3) is 3.57. The second-order valence-electron chi connectivity index (χ2n) is 3.62. The van der Waals surface area contributed by atoms with Gasteiger partial charge in [-0.1, -0.05) is 26.0 Å². The van der Waals surface area contributed by atoms with Crippen LogP contribution in [0.2, 0.25) is 0 Å². The molecule has 4 N–H and O–H groups in total. The van der Waals surface area contributed by atoms with Crippen LogP contribution in [0.15, 0.2) is 29.2 Å². The fourth-order valence-corrected chi connectivity index (χ4v) is 2.03. The Morgan fingerprint density at radius 2 is 1.80 bits per heavy atom. The van der Waals surface area contributed by atoms with E-state index in [1.807, 2.05) is 24.3 Å². The fraction of sp³-hybridized carbons (Fsp3) is 0.364. The Balaban J connectivity index is 2.76. The van der Waals surface area contributed by atoms with Gasteiger partial charge in [-0.3, -0.25) is 4.79 Å². The molecule has 0 aliphatic rings. The highest BCUT2D eigenvalue weighted by molar-refractivity contribution is 7.99. The average molecular weight is 224 g/mol. The maximum atomic E-state index is 10.9. The third-order valence-corrected chi connectivity index (χ3v) is 2.93. The molecule has 0 heterocycles. The lowest BCUT2D eigenvalue weighted by Gasteiger charge is -2.09. The van der Waals surface area contributed by atoms with E-state index < -0.39 is 11.9 Å². The van der Waals surface area contributed by atoms with Gasteiger partial charge in [0, 0.05) is 10.1 Å². The van der Waals surface area contributed by atoms with Crippen LogP contribution in [0, 0.1) is 0 Å². The van der Waals surface area contributed by atoms with Crippen molar-refractivity contribution >= 4 is 17.7 Å². The topological polar surface area (TPSA) is 69.1 Å². The Hall–Kier alpha value is -1.00. The van der Waals surface area contributed by atoms with Gasteiger partial charge in [0.05, 0.1) is 0 Å². The molecule has 1 unspecified atom stereocenters. The predicted octanol–water partition coefficient (Wildman–Crippen LogP) is 1.67. The first-order chi connectivity index (χ1) is 7.00. The van der Waals surface area contributed by atoms with Crippen LogP contribution in [0.5, 0.6) is 0 Å². The molecule has 0 aliphatic heterocycles. The first kappa shape index (κ1) is 12.1. The molecule has 1 rings (SSSR count). The van der Waals surface area contributed by atoms with Crippen molar-refractivity contribution in [3.63, 3.8) is 0 Å². The molecule has 0 saturated carbocycles. The number of thioether (sulfide) groups is 1. The van der Waals surface area contributed by atoms with E-state index >= 15 is 0 Å². The van der Waals surface area contributed by atoms with Crippen LogP contribution in [0.4, 0.5) is 0 Å². The van der Waals surface area contributed by atoms with Crippen molar-refractivity contribution in [3.05, 3.63) is 29.8 Å². The maximum absolute atomic E-state index is 10.9. The molecule has 1 amide bonds. The minimum absolute atomic E-state index is 0.501. The largest absolute Gasteiger partial charge is 0.368 e. The number of amides is 1. The highest BCUT2D eigenvalue weighted by Gasteiger charge is 2.11. The summed E-state index contributed by atoms with van der Waals surface area (Å²) in [4.78, 5) is 12.0. The quantitative estimate of drug-likeness (QED) is 0.764. The fourth-order valence-electron chi connectivity index (χ4n) is 1.19. The van der Waals surface area contributed by atoms with Gasteiger partial charge in [-0.15, -0.1) is 11.8 Å². The van der Waals surface area contributed by atoms with Crippen LogP contribution in [-0.2, 0) is 4.79 Å². The van der Waals surface area contributed by atoms with Crippen molar-refractivity contribution in [3.8, 4) is 0 Å². The number of benzene rings is 1. The Morgan fingerprint density at radius 1 is 1.27 bits per heavy atom. The van der Waals surface area contributed by atoms with Gasteiger partial charge in [-0.25, -0.2) is 0 Å². The third-order valence-electron chi connectivity index (χ3n) is 1.92. The number of hydrogen-bond acceptors (Lipinski definition) is 3. The monoisotopic (exact) mass is 224 g/mol. The summed E-state index contributed by atoms with van der Waals surface area (Å²) >= 11 is 1.77. The van der Waals surface area contributed by atoms with E-state index in [2.05, 4.69) is 13.8 Å². The maximum Gasteiger partial charge on any atom is 0.238 e. The Labute approximate surface area is 94.2 Å². The number of primary amides is 1. The number of carbonyl (C=O) groups is 1. The molecule has 15 heavy (non-hydrogen) atoms. The summed E-state index contributed by atoms with van der Waals surface area (Å²) in [6.45, 7) is 4.27. The van der Waals surface area contributed by atoms with Crippen LogP contribution in [-0.4, -0.2) is 11.2 Å². The summed E-state index contributed by atoms with van der Waals surface area (Å²) in [5, 5.41) is 0.542. The zero-order valence-electron chi connectivity index (χ0n) is 8.94. The van der Waals surface area contributed by atoms with E-state index in [9.17, 15) is 4.79 Å². The summed E-state index contributed by atoms with van der Waals surface area (Å²) in [5.41, 5.74) is 11.5. The van der Waals surface area contributed by atoms with E-state index in [0.717, 1.165) is 5.56 Å². The van der Waals surface area contributed by atoms with Crippen LogP contribution >= 0.6 is 11.8 Å². The molecule has 1 atom stereocenters. The zero-order chi connectivity index (χ0) is 11.4. The van der Waals surface area contributed by atoms with Crippen molar-refractivity contribution in [1.82, 2.24) is 0 Å². The molecular formula is C11H16N2OS. The standard InChI is InChI=1S/C11H16N2OS/c1-7(2)15-9-5-3-8(4-6-9)10(12)11(13)14/h3-7,10H,12H2,1-2H3,(H2,13,14). The lowest BCUT2D eigenvalue weighted by molar-refractivity contribution is -0.119. The molecular weight excluding hydrogens is 208 g/mol. The van der Waals surface area contributed by atoms with Gasteiger partial charge in [-0.2, -0.15) is 0 Å². The van der Waals surface area contributed by atoms with Crippen molar-refractivity contribution in [1.29, 1.82) is 0 Å². The molecule has 3 nitrogen and oxygen atoms in total. The molecule has 0 aliphatic carbocycles. The smallest absolute Gasteiger partial charge is 0.238 e. The lowest BCUT2D eigenvalue weighted by Crippen LogP contribution is -2.28. The lowest BCUT2D eigenvalue weighted by atomic mass is 10.1. The minimum Gasteiger partial charge on any atom is -0.368 e. The summed E-state index contributed by atoms with van der Waals surface area (Å²) < 4.78 is 0. The molecule has 0 bridgehead atoms. The molecule has 0 aromatic heterocycles. The van der Waals surface area contributed by atoms with Crippen molar-refractivity contribution in [2.45, 2.75) is 30.0 Å². The van der Waals surface area contributed by atoms with Crippen LogP contribution in [0.25, 0.3) is 0 Å². The Kier molecular flexibility index (Phi) is 4.17. The molecule has 82 valence electrons. The van der Waals surface area contributed by atoms with E-state index in [1.54, 1.807) is 11.8 Å². The van der Waals surface area contributed by atoms with Gasteiger partial charge in [0.15, 0.2) is 0 Å². The number of carbonyl (C=O) groups excluding carboxylic acids is 1. The molecule has 0 radical (unpaired) electrons. The van der Waals surface area contributed by atoms with Crippen molar-refractivity contribution < 1.29 is 4.79 Å².